The second-order valence-electron chi connectivity index (χ2n) is 4.15. The van der Waals surface area contributed by atoms with Gasteiger partial charge in [0, 0.05) is 18.8 Å². The minimum Gasteiger partial charge on any atom is -0.409 e. The molecule has 5 heteroatoms. The van der Waals surface area contributed by atoms with Crippen LogP contribution in [0.25, 0.3) is 0 Å². The fraction of sp³-hybridized carbons (Fsp3) is 0.455. The lowest BCUT2D eigenvalue weighted by Crippen LogP contribution is -2.26. The van der Waals surface area contributed by atoms with Crippen LogP contribution >= 0.6 is 0 Å². The first-order chi connectivity index (χ1) is 7.63. The monoisotopic (exact) mass is 220 g/mol. The molecular formula is C11H16N4O. The first kappa shape index (κ1) is 10.7. The van der Waals surface area contributed by atoms with Crippen LogP contribution in [0.3, 0.4) is 0 Å². The summed E-state index contributed by atoms with van der Waals surface area (Å²) in [6, 6.07) is 4.24. The summed E-state index contributed by atoms with van der Waals surface area (Å²) < 4.78 is 0. The number of pyridine rings is 1. The average Bonchev–Trinajstić information content (AvgIpc) is 3.11. The molecule has 1 aromatic heterocycles. The zero-order chi connectivity index (χ0) is 11.7. The molecule has 1 heterocycles. The third-order valence-electron chi connectivity index (χ3n) is 2.83. The fourth-order valence-corrected chi connectivity index (χ4v) is 1.70. The van der Waals surface area contributed by atoms with E-state index in [0.717, 1.165) is 11.5 Å². The standard InChI is InChI=1S/C11H16N4O/c1-7-3-6-9(10(12)14-16)11(13-7)15(2)8-4-5-8/h3,6,8,16H,4-5H2,1-2H3,(H2,12,14). The molecule has 0 bridgehead atoms. The molecule has 0 amide bonds. The molecular weight excluding hydrogens is 204 g/mol. The van der Waals surface area contributed by atoms with Crippen molar-refractivity contribution in [3.8, 4) is 0 Å². The highest BCUT2D eigenvalue weighted by molar-refractivity contribution is 6.01. The molecule has 0 unspecified atom stereocenters. The maximum Gasteiger partial charge on any atom is 0.173 e. The van der Waals surface area contributed by atoms with Gasteiger partial charge in [0.2, 0.25) is 0 Å². The zero-order valence-corrected chi connectivity index (χ0v) is 9.51. The lowest BCUT2D eigenvalue weighted by atomic mass is 10.2. The van der Waals surface area contributed by atoms with Crippen LogP contribution < -0.4 is 10.6 Å². The summed E-state index contributed by atoms with van der Waals surface area (Å²) in [6.07, 6.45) is 2.36. The van der Waals surface area contributed by atoms with Gasteiger partial charge in [-0.2, -0.15) is 0 Å². The molecule has 0 saturated heterocycles. The largest absolute Gasteiger partial charge is 0.409 e. The number of aryl methyl sites for hydroxylation is 1. The normalized spacial score (nSPS) is 16.2. The Bertz CT molecular complexity index is 426. The SMILES string of the molecule is Cc1ccc(C(N)=NO)c(N(C)C2CC2)n1. The summed E-state index contributed by atoms with van der Waals surface area (Å²) in [4.78, 5) is 6.55. The summed E-state index contributed by atoms with van der Waals surface area (Å²) in [5, 5.41) is 11.8. The van der Waals surface area contributed by atoms with E-state index >= 15 is 0 Å². The Hall–Kier alpha value is -1.78. The summed E-state index contributed by atoms with van der Waals surface area (Å²) in [7, 11) is 1.99. The summed E-state index contributed by atoms with van der Waals surface area (Å²) in [5.41, 5.74) is 7.25. The number of hydrogen-bond donors (Lipinski definition) is 2. The molecule has 3 N–H and O–H groups in total. The second-order valence-corrected chi connectivity index (χ2v) is 4.15. The molecule has 0 atom stereocenters. The third kappa shape index (κ3) is 1.93. The van der Waals surface area contributed by atoms with E-state index in [9.17, 15) is 0 Å². The fourth-order valence-electron chi connectivity index (χ4n) is 1.70. The number of rotatable bonds is 3. The minimum absolute atomic E-state index is 0.106. The first-order valence-corrected chi connectivity index (χ1v) is 5.32. The van der Waals surface area contributed by atoms with Gasteiger partial charge in [0.05, 0.1) is 5.56 Å². The molecule has 0 aromatic carbocycles. The lowest BCUT2D eigenvalue weighted by molar-refractivity contribution is 0.318. The van der Waals surface area contributed by atoms with Gasteiger partial charge >= 0.3 is 0 Å². The van der Waals surface area contributed by atoms with E-state index in [4.69, 9.17) is 10.9 Å². The van der Waals surface area contributed by atoms with Gasteiger partial charge in [-0.15, -0.1) is 0 Å². The van der Waals surface area contributed by atoms with Gasteiger partial charge in [0.1, 0.15) is 5.82 Å². The minimum atomic E-state index is 0.106. The van der Waals surface area contributed by atoms with Gasteiger partial charge in [0.15, 0.2) is 5.84 Å². The molecule has 5 nitrogen and oxygen atoms in total. The van der Waals surface area contributed by atoms with Gasteiger partial charge in [-0.25, -0.2) is 4.98 Å². The quantitative estimate of drug-likeness (QED) is 0.346. The molecule has 1 aliphatic carbocycles. The van der Waals surface area contributed by atoms with Gasteiger partial charge in [-0.05, 0) is 31.9 Å². The summed E-state index contributed by atoms with van der Waals surface area (Å²) in [5.74, 6) is 0.896. The van der Waals surface area contributed by atoms with Crippen LogP contribution in [-0.4, -0.2) is 29.1 Å². The van der Waals surface area contributed by atoms with Crippen molar-refractivity contribution in [2.45, 2.75) is 25.8 Å². The van der Waals surface area contributed by atoms with Crippen LogP contribution in [0, 0.1) is 6.92 Å². The molecule has 1 saturated carbocycles. The highest BCUT2D eigenvalue weighted by Crippen LogP contribution is 2.30. The van der Waals surface area contributed by atoms with Gasteiger partial charge in [-0.1, -0.05) is 5.16 Å². The molecule has 1 fully saturated rings. The van der Waals surface area contributed by atoms with Crippen LogP contribution in [0.4, 0.5) is 5.82 Å². The van der Waals surface area contributed by atoms with E-state index < -0.39 is 0 Å². The molecule has 0 aliphatic heterocycles. The molecule has 16 heavy (non-hydrogen) atoms. The molecule has 0 spiro atoms. The highest BCUT2D eigenvalue weighted by Gasteiger charge is 2.29. The van der Waals surface area contributed by atoms with Crippen molar-refractivity contribution in [2.75, 3.05) is 11.9 Å². The van der Waals surface area contributed by atoms with Crippen LogP contribution in [0.5, 0.6) is 0 Å². The number of nitrogens with zero attached hydrogens (tertiary/aromatic N) is 3. The van der Waals surface area contributed by atoms with E-state index in [1.807, 2.05) is 26.1 Å². The molecule has 1 aliphatic rings. The lowest BCUT2D eigenvalue weighted by Gasteiger charge is -2.20. The van der Waals surface area contributed by atoms with E-state index in [2.05, 4.69) is 15.0 Å². The van der Waals surface area contributed by atoms with Gasteiger partial charge in [-0.3, -0.25) is 0 Å². The Balaban J connectivity index is 2.43. The van der Waals surface area contributed by atoms with Crippen LogP contribution in [0.2, 0.25) is 0 Å². The number of anilines is 1. The van der Waals surface area contributed by atoms with E-state index in [1.165, 1.54) is 12.8 Å². The first-order valence-electron chi connectivity index (χ1n) is 5.32. The van der Waals surface area contributed by atoms with Crippen molar-refractivity contribution in [3.05, 3.63) is 23.4 Å². The van der Waals surface area contributed by atoms with Gasteiger partial charge in [0.25, 0.3) is 0 Å². The van der Waals surface area contributed by atoms with Crippen LogP contribution in [-0.2, 0) is 0 Å². The third-order valence-corrected chi connectivity index (χ3v) is 2.83. The van der Waals surface area contributed by atoms with Crippen LogP contribution in [0.1, 0.15) is 24.1 Å². The molecule has 2 rings (SSSR count). The molecule has 0 radical (unpaired) electrons. The maximum absolute atomic E-state index is 8.73. The van der Waals surface area contributed by atoms with Crippen molar-refractivity contribution in [1.82, 2.24) is 4.98 Å². The Labute approximate surface area is 94.6 Å². The zero-order valence-electron chi connectivity index (χ0n) is 9.51. The van der Waals surface area contributed by atoms with Crippen LogP contribution in [0.15, 0.2) is 17.3 Å². The Kier molecular flexibility index (Phi) is 2.68. The van der Waals surface area contributed by atoms with Crippen molar-refractivity contribution < 1.29 is 5.21 Å². The predicted octanol–water partition coefficient (Wildman–Crippen LogP) is 1.08. The smallest absolute Gasteiger partial charge is 0.173 e. The number of oxime groups is 1. The molecule has 86 valence electrons. The highest BCUT2D eigenvalue weighted by atomic mass is 16.4. The Morgan fingerprint density at radius 2 is 2.25 bits per heavy atom. The Morgan fingerprint density at radius 3 is 2.81 bits per heavy atom. The van der Waals surface area contributed by atoms with E-state index in [0.29, 0.717) is 11.6 Å². The second kappa shape index (κ2) is 4.00. The van der Waals surface area contributed by atoms with Crippen molar-refractivity contribution >= 4 is 11.7 Å². The predicted molar refractivity (Wildman–Crippen MR) is 62.9 cm³/mol. The number of aromatic nitrogens is 1. The van der Waals surface area contributed by atoms with E-state index in [1.54, 1.807) is 0 Å². The van der Waals surface area contributed by atoms with Gasteiger partial charge < -0.3 is 15.8 Å². The topological polar surface area (TPSA) is 74.7 Å². The summed E-state index contributed by atoms with van der Waals surface area (Å²) in [6.45, 7) is 1.93. The van der Waals surface area contributed by atoms with Crippen molar-refractivity contribution in [1.29, 1.82) is 0 Å². The number of nitrogens with two attached hydrogens (primary N) is 1. The maximum atomic E-state index is 8.73. The Morgan fingerprint density at radius 1 is 1.56 bits per heavy atom. The number of hydrogen-bond acceptors (Lipinski definition) is 4. The summed E-state index contributed by atoms with van der Waals surface area (Å²) >= 11 is 0. The number of amidine groups is 1. The van der Waals surface area contributed by atoms with Crippen molar-refractivity contribution in [2.24, 2.45) is 10.9 Å². The average molecular weight is 220 g/mol. The van der Waals surface area contributed by atoms with Crippen molar-refractivity contribution in [3.63, 3.8) is 0 Å². The molecule has 1 aromatic rings. The van der Waals surface area contributed by atoms with E-state index in [-0.39, 0.29) is 5.84 Å².